The van der Waals surface area contributed by atoms with E-state index >= 15 is 0 Å². The van der Waals surface area contributed by atoms with Gasteiger partial charge < -0.3 is 9.47 Å². The molecule has 0 saturated heterocycles. The highest BCUT2D eigenvalue weighted by molar-refractivity contribution is 8.18. The largest absolute Gasteiger partial charge is 0.490 e. The number of carbonyl (C=O) groups excluding carboxylic acids is 2. The highest BCUT2D eigenvalue weighted by Crippen LogP contribution is 2.33. The third-order valence-corrected chi connectivity index (χ3v) is 5.92. The fourth-order valence-electron chi connectivity index (χ4n) is 3.00. The molecule has 2 aromatic rings. The Morgan fingerprint density at radius 3 is 2.72 bits per heavy atom. The molecule has 2 aromatic carbocycles. The van der Waals surface area contributed by atoms with Crippen molar-refractivity contribution in [2.24, 2.45) is 9.39 Å². The van der Waals surface area contributed by atoms with E-state index in [0.29, 0.717) is 33.8 Å². The molecule has 0 radical (unpaired) electrons. The van der Waals surface area contributed by atoms with E-state index in [1.807, 2.05) is 19.2 Å². The van der Waals surface area contributed by atoms with Gasteiger partial charge in [-0.15, -0.1) is 0 Å². The molecule has 2 aliphatic rings. The topological polar surface area (TPSA) is 104 Å². The molecule has 10 heteroatoms. The number of thioether (sulfide) groups is 1. The number of carbonyl (C=O) groups is 2. The van der Waals surface area contributed by atoms with Crippen LogP contribution in [-0.2, 0) is 4.79 Å². The third kappa shape index (κ3) is 4.32. The SMILES string of the molecule is CCOc1cc(/C=C2/C(=N)N3C(SC)=NSC3=NC2=O)ccc1OC(=O)c1ccccc1. The Morgan fingerprint density at radius 2 is 2.00 bits per heavy atom. The maximum atomic E-state index is 12.5. The van der Waals surface area contributed by atoms with Crippen LogP contribution in [0.1, 0.15) is 22.8 Å². The number of amidine groups is 3. The van der Waals surface area contributed by atoms with Gasteiger partial charge in [-0.05, 0) is 49.1 Å². The molecule has 4 rings (SSSR count). The van der Waals surface area contributed by atoms with Gasteiger partial charge in [0.1, 0.15) is 5.84 Å². The Bertz CT molecular complexity index is 1190. The number of nitrogens with one attached hydrogen (secondary N) is 1. The lowest BCUT2D eigenvalue weighted by molar-refractivity contribution is -0.114. The number of nitrogens with zero attached hydrogens (tertiary/aromatic N) is 3. The number of aliphatic imine (C=N–C) groups is 1. The van der Waals surface area contributed by atoms with Gasteiger partial charge in [-0.2, -0.15) is 9.39 Å². The van der Waals surface area contributed by atoms with Gasteiger partial charge in [0, 0.05) is 0 Å². The summed E-state index contributed by atoms with van der Waals surface area (Å²) in [6.07, 6.45) is 3.41. The van der Waals surface area contributed by atoms with Crippen LogP contribution in [0.5, 0.6) is 11.5 Å². The first kappa shape index (κ1) is 21.8. The van der Waals surface area contributed by atoms with Crippen LogP contribution in [0, 0.1) is 5.41 Å². The van der Waals surface area contributed by atoms with Gasteiger partial charge in [-0.1, -0.05) is 36.0 Å². The lowest BCUT2D eigenvalue weighted by atomic mass is 10.1. The first-order valence-electron chi connectivity index (χ1n) is 9.58. The van der Waals surface area contributed by atoms with Crippen molar-refractivity contribution in [3.8, 4) is 11.5 Å². The smallest absolute Gasteiger partial charge is 0.343 e. The number of hydrogen-bond acceptors (Lipinski definition) is 8. The summed E-state index contributed by atoms with van der Waals surface area (Å²) in [7, 11) is 0. The Kier molecular flexibility index (Phi) is 6.42. The summed E-state index contributed by atoms with van der Waals surface area (Å²) in [6, 6.07) is 13.6. The van der Waals surface area contributed by atoms with E-state index in [2.05, 4.69) is 9.39 Å². The van der Waals surface area contributed by atoms with E-state index in [-0.39, 0.29) is 17.2 Å². The van der Waals surface area contributed by atoms with Crippen molar-refractivity contribution >= 4 is 57.8 Å². The predicted octanol–water partition coefficient (Wildman–Crippen LogP) is 4.24. The molecule has 162 valence electrons. The summed E-state index contributed by atoms with van der Waals surface area (Å²) < 4.78 is 15.4. The number of fused-ring (bicyclic) bond motifs is 1. The lowest BCUT2D eigenvalue weighted by Gasteiger charge is -2.23. The summed E-state index contributed by atoms with van der Waals surface area (Å²) in [5.74, 6) is -0.382. The molecule has 0 atom stereocenters. The van der Waals surface area contributed by atoms with Gasteiger partial charge >= 0.3 is 5.97 Å². The average Bonchev–Trinajstić information content (AvgIpc) is 3.22. The molecule has 0 spiro atoms. The molecule has 2 heterocycles. The van der Waals surface area contributed by atoms with Crippen LogP contribution in [0.4, 0.5) is 0 Å². The fraction of sp³-hybridized carbons (Fsp3) is 0.136. The zero-order chi connectivity index (χ0) is 22.7. The summed E-state index contributed by atoms with van der Waals surface area (Å²) in [6.45, 7) is 2.18. The van der Waals surface area contributed by atoms with Crippen molar-refractivity contribution in [1.29, 1.82) is 5.41 Å². The molecular weight excluding hydrogens is 448 g/mol. The van der Waals surface area contributed by atoms with Gasteiger partial charge in [0.15, 0.2) is 16.7 Å². The molecule has 8 nitrogen and oxygen atoms in total. The summed E-state index contributed by atoms with van der Waals surface area (Å²) in [5, 5.41) is 9.47. The minimum absolute atomic E-state index is 0.00985. The van der Waals surface area contributed by atoms with Gasteiger partial charge in [-0.25, -0.2) is 9.69 Å². The monoisotopic (exact) mass is 466 g/mol. The normalized spacial score (nSPS) is 16.6. The second kappa shape index (κ2) is 9.41. The van der Waals surface area contributed by atoms with E-state index < -0.39 is 11.9 Å². The van der Waals surface area contributed by atoms with Gasteiger partial charge in [0.05, 0.1) is 29.7 Å². The van der Waals surface area contributed by atoms with Crippen LogP contribution in [0.15, 0.2) is 63.5 Å². The second-order valence-corrected chi connectivity index (χ2v) is 8.01. The molecule has 0 aromatic heterocycles. The van der Waals surface area contributed by atoms with Crippen molar-refractivity contribution in [2.75, 3.05) is 12.9 Å². The molecule has 0 saturated carbocycles. The molecule has 0 bridgehead atoms. The molecule has 0 aliphatic carbocycles. The van der Waals surface area contributed by atoms with Crippen molar-refractivity contribution in [3.05, 3.63) is 65.2 Å². The van der Waals surface area contributed by atoms with Crippen molar-refractivity contribution in [1.82, 2.24) is 4.90 Å². The molecule has 1 N–H and O–H groups in total. The molecule has 2 aliphatic heterocycles. The van der Waals surface area contributed by atoms with Crippen molar-refractivity contribution in [2.45, 2.75) is 6.92 Å². The van der Waals surface area contributed by atoms with E-state index in [9.17, 15) is 9.59 Å². The number of esters is 1. The summed E-state index contributed by atoms with van der Waals surface area (Å²) >= 11 is 2.45. The Balaban J connectivity index is 1.63. The molecule has 1 amide bonds. The summed E-state index contributed by atoms with van der Waals surface area (Å²) in [5.41, 5.74) is 1.16. The molecule has 32 heavy (non-hydrogen) atoms. The minimum Gasteiger partial charge on any atom is -0.490 e. The van der Waals surface area contributed by atoms with Gasteiger partial charge in [0.2, 0.25) is 5.17 Å². The quantitative estimate of drug-likeness (QED) is 0.304. The lowest BCUT2D eigenvalue weighted by Crippen LogP contribution is -2.41. The number of rotatable bonds is 5. The Labute approximate surface area is 193 Å². The highest BCUT2D eigenvalue weighted by Gasteiger charge is 2.37. The van der Waals surface area contributed by atoms with E-state index in [0.717, 1.165) is 11.9 Å². The summed E-state index contributed by atoms with van der Waals surface area (Å²) in [4.78, 5) is 30.5. The maximum Gasteiger partial charge on any atom is 0.343 e. The minimum atomic E-state index is -0.510. The number of hydrogen-bond donors (Lipinski definition) is 1. The first-order chi connectivity index (χ1) is 15.5. The van der Waals surface area contributed by atoms with Crippen LogP contribution in [-0.4, -0.2) is 45.8 Å². The van der Waals surface area contributed by atoms with Crippen LogP contribution < -0.4 is 9.47 Å². The predicted molar refractivity (Wildman–Crippen MR) is 128 cm³/mol. The van der Waals surface area contributed by atoms with E-state index in [4.69, 9.17) is 14.9 Å². The number of ether oxygens (including phenoxy) is 2. The zero-order valence-electron chi connectivity index (χ0n) is 17.2. The van der Waals surface area contributed by atoms with Crippen LogP contribution in [0.3, 0.4) is 0 Å². The molecular formula is C22H18N4O4S2. The Hall–Kier alpha value is -3.37. The first-order valence-corrected chi connectivity index (χ1v) is 11.6. The second-order valence-electron chi connectivity index (χ2n) is 6.51. The zero-order valence-corrected chi connectivity index (χ0v) is 18.8. The Morgan fingerprint density at radius 1 is 1.22 bits per heavy atom. The van der Waals surface area contributed by atoms with Crippen LogP contribution in [0.2, 0.25) is 0 Å². The van der Waals surface area contributed by atoms with E-state index in [1.54, 1.807) is 53.4 Å². The van der Waals surface area contributed by atoms with Crippen molar-refractivity contribution < 1.29 is 19.1 Å². The third-order valence-electron chi connectivity index (χ3n) is 4.47. The molecule has 0 fully saturated rings. The highest BCUT2D eigenvalue weighted by atomic mass is 32.2. The maximum absolute atomic E-state index is 12.5. The van der Waals surface area contributed by atoms with E-state index in [1.165, 1.54) is 11.8 Å². The fourth-order valence-corrected chi connectivity index (χ4v) is 4.45. The molecule has 0 unspecified atom stereocenters. The van der Waals surface area contributed by atoms with Gasteiger partial charge in [-0.3, -0.25) is 10.2 Å². The van der Waals surface area contributed by atoms with Crippen LogP contribution >= 0.6 is 23.7 Å². The van der Waals surface area contributed by atoms with Crippen LogP contribution in [0.25, 0.3) is 6.08 Å². The standard InChI is InChI=1S/C22H18N4O4S2/c1-3-29-17-12-13(9-10-16(17)30-20(28)14-7-5-4-6-8-14)11-15-18(23)26-21(24-19(15)27)32-25-22(26)31-2/h4-12,23H,3H2,1-2H3/b15-11-,23-18?. The number of amides is 1. The van der Waals surface area contributed by atoms with Gasteiger partial charge in [0.25, 0.3) is 5.91 Å². The average molecular weight is 467 g/mol. The number of benzene rings is 2. The van der Waals surface area contributed by atoms with Crippen molar-refractivity contribution in [3.63, 3.8) is 0 Å².